The lowest BCUT2D eigenvalue weighted by atomic mass is 9.97. The van der Waals surface area contributed by atoms with Gasteiger partial charge in [-0.25, -0.2) is 0 Å². The summed E-state index contributed by atoms with van der Waals surface area (Å²) in [5, 5.41) is 3.63. The maximum Gasteiger partial charge on any atom is 0.0628 e. The number of methoxy groups -OCH3 is 1. The fraction of sp³-hybridized carbons (Fsp3) is 1.00. The molecule has 0 amide bonds. The highest BCUT2D eigenvalue weighted by molar-refractivity contribution is 4.90. The van der Waals surface area contributed by atoms with Crippen molar-refractivity contribution in [1.29, 1.82) is 0 Å². The van der Waals surface area contributed by atoms with Crippen LogP contribution in [0.2, 0.25) is 0 Å². The van der Waals surface area contributed by atoms with Gasteiger partial charge in [-0.2, -0.15) is 0 Å². The molecule has 3 atom stereocenters. The molecule has 2 heterocycles. The molecule has 0 aromatic heterocycles. The summed E-state index contributed by atoms with van der Waals surface area (Å²) >= 11 is 0. The first-order chi connectivity index (χ1) is 9.74. The van der Waals surface area contributed by atoms with E-state index in [1.165, 1.54) is 45.3 Å². The molecule has 0 aromatic carbocycles. The van der Waals surface area contributed by atoms with Crippen molar-refractivity contribution >= 4 is 0 Å². The largest absolute Gasteiger partial charge is 0.383 e. The molecule has 2 aliphatic heterocycles. The van der Waals surface area contributed by atoms with E-state index >= 15 is 0 Å². The van der Waals surface area contributed by atoms with Crippen LogP contribution in [-0.2, 0) is 4.74 Å². The summed E-state index contributed by atoms with van der Waals surface area (Å²) in [6.45, 7) is 11.4. The molecule has 20 heavy (non-hydrogen) atoms. The van der Waals surface area contributed by atoms with Crippen LogP contribution >= 0.6 is 0 Å². The van der Waals surface area contributed by atoms with Crippen LogP contribution in [0.15, 0.2) is 0 Å². The summed E-state index contributed by atoms with van der Waals surface area (Å²) in [5.41, 5.74) is 0. The molecule has 0 radical (unpaired) electrons. The Morgan fingerprint density at radius 2 is 2.15 bits per heavy atom. The van der Waals surface area contributed by atoms with Crippen LogP contribution in [0.1, 0.15) is 39.5 Å². The number of hydrogen-bond donors (Lipinski definition) is 1. The van der Waals surface area contributed by atoms with Gasteiger partial charge in [0.1, 0.15) is 0 Å². The fourth-order valence-corrected chi connectivity index (χ4v) is 3.68. The quantitative estimate of drug-likeness (QED) is 0.767. The third kappa shape index (κ3) is 4.42. The van der Waals surface area contributed by atoms with Crippen molar-refractivity contribution < 1.29 is 4.74 Å². The van der Waals surface area contributed by atoms with Gasteiger partial charge in [0.05, 0.1) is 6.61 Å². The predicted octanol–water partition coefficient (Wildman–Crippen LogP) is 1.56. The molecule has 0 bridgehead atoms. The van der Waals surface area contributed by atoms with Crippen LogP contribution in [0, 0.1) is 0 Å². The van der Waals surface area contributed by atoms with Gasteiger partial charge in [-0.1, -0.05) is 13.3 Å². The maximum atomic E-state index is 5.38. The number of nitrogens with zero attached hydrogens (tertiary/aromatic N) is 2. The Bertz CT molecular complexity index is 274. The minimum Gasteiger partial charge on any atom is -0.383 e. The molecule has 4 heteroatoms. The van der Waals surface area contributed by atoms with E-state index in [0.717, 1.165) is 25.7 Å². The zero-order valence-corrected chi connectivity index (χ0v) is 13.6. The van der Waals surface area contributed by atoms with E-state index in [-0.39, 0.29) is 0 Å². The van der Waals surface area contributed by atoms with Gasteiger partial charge >= 0.3 is 0 Å². The van der Waals surface area contributed by atoms with E-state index in [2.05, 4.69) is 29.0 Å². The summed E-state index contributed by atoms with van der Waals surface area (Å²) < 4.78 is 5.38. The van der Waals surface area contributed by atoms with Gasteiger partial charge < -0.3 is 10.1 Å². The lowest BCUT2D eigenvalue weighted by molar-refractivity contribution is 0.00563. The Balaban J connectivity index is 1.86. The van der Waals surface area contributed by atoms with Crippen molar-refractivity contribution in [2.45, 2.75) is 57.7 Å². The molecule has 2 aliphatic rings. The average Bonchev–Trinajstić information content (AvgIpc) is 2.45. The fourth-order valence-electron chi connectivity index (χ4n) is 3.68. The van der Waals surface area contributed by atoms with Gasteiger partial charge in [0.15, 0.2) is 0 Å². The second-order valence-corrected chi connectivity index (χ2v) is 6.55. The molecule has 4 nitrogen and oxygen atoms in total. The van der Waals surface area contributed by atoms with E-state index in [1.807, 2.05) is 7.11 Å². The number of fused-ring (bicyclic) bond motifs is 1. The molecule has 3 unspecified atom stereocenters. The van der Waals surface area contributed by atoms with Crippen molar-refractivity contribution in [1.82, 2.24) is 15.1 Å². The minimum absolute atomic E-state index is 0.470. The smallest absolute Gasteiger partial charge is 0.0628 e. The van der Waals surface area contributed by atoms with E-state index in [0.29, 0.717) is 12.1 Å². The molecule has 2 rings (SSSR count). The normalized spacial score (nSPS) is 30.1. The monoisotopic (exact) mass is 283 g/mol. The number of piperidine rings is 1. The first-order valence-electron chi connectivity index (χ1n) is 8.45. The van der Waals surface area contributed by atoms with Crippen LogP contribution in [-0.4, -0.2) is 74.4 Å². The molecule has 1 N–H and O–H groups in total. The molecule has 0 aromatic rings. The summed E-state index contributed by atoms with van der Waals surface area (Å²) in [5.74, 6) is 0. The van der Waals surface area contributed by atoms with Gasteiger partial charge in [-0.15, -0.1) is 0 Å². The summed E-state index contributed by atoms with van der Waals surface area (Å²) in [4.78, 5) is 5.40. The standard InChI is InChI=1S/C16H33N3O/c1-4-8-17-15(13-20-3)11-19-12-16-7-5-6-9-18(16)10-14(19)2/h14-17H,4-13H2,1-3H3. The van der Waals surface area contributed by atoms with Crippen molar-refractivity contribution in [2.75, 3.05) is 46.4 Å². The lowest BCUT2D eigenvalue weighted by Crippen LogP contribution is -2.61. The summed E-state index contributed by atoms with van der Waals surface area (Å²) in [6.07, 6.45) is 5.39. The number of nitrogens with one attached hydrogen (secondary N) is 1. The molecule has 2 saturated heterocycles. The summed E-state index contributed by atoms with van der Waals surface area (Å²) in [7, 11) is 1.81. The highest BCUT2D eigenvalue weighted by atomic mass is 16.5. The van der Waals surface area contributed by atoms with E-state index < -0.39 is 0 Å². The zero-order chi connectivity index (χ0) is 14.4. The Hall–Kier alpha value is -0.160. The molecule has 0 spiro atoms. The second kappa shape index (κ2) is 8.32. The first kappa shape index (κ1) is 16.2. The van der Waals surface area contributed by atoms with Crippen molar-refractivity contribution in [3.05, 3.63) is 0 Å². The summed E-state index contributed by atoms with van der Waals surface area (Å²) in [6, 6.07) is 1.94. The lowest BCUT2D eigenvalue weighted by Gasteiger charge is -2.48. The highest BCUT2D eigenvalue weighted by Gasteiger charge is 2.33. The highest BCUT2D eigenvalue weighted by Crippen LogP contribution is 2.24. The SMILES string of the molecule is CCCNC(COC)CN1CC2CCCCN2CC1C. The third-order valence-corrected chi connectivity index (χ3v) is 4.82. The first-order valence-corrected chi connectivity index (χ1v) is 8.45. The number of piperazine rings is 1. The molecular formula is C16H33N3O. The Labute approximate surface area is 124 Å². The average molecular weight is 283 g/mol. The van der Waals surface area contributed by atoms with Crippen LogP contribution in [0.25, 0.3) is 0 Å². The van der Waals surface area contributed by atoms with Gasteiger partial charge in [-0.3, -0.25) is 9.80 Å². The topological polar surface area (TPSA) is 27.7 Å². The number of ether oxygens (including phenoxy) is 1. The molecular weight excluding hydrogens is 250 g/mol. The third-order valence-electron chi connectivity index (χ3n) is 4.82. The van der Waals surface area contributed by atoms with Crippen molar-refractivity contribution in [2.24, 2.45) is 0 Å². The molecule has 0 aliphatic carbocycles. The van der Waals surface area contributed by atoms with Gasteiger partial charge in [0, 0.05) is 44.9 Å². The van der Waals surface area contributed by atoms with Crippen molar-refractivity contribution in [3.63, 3.8) is 0 Å². The zero-order valence-electron chi connectivity index (χ0n) is 13.6. The Kier molecular flexibility index (Phi) is 6.75. The van der Waals surface area contributed by atoms with E-state index in [1.54, 1.807) is 0 Å². The molecule has 118 valence electrons. The van der Waals surface area contributed by atoms with Crippen molar-refractivity contribution in [3.8, 4) is 0 Å². The number of rotatable bonds is 7. The van der Waals surface area contributed by atoms with Crippen LogP contribution < -0.4 is 5.32 Å². The molecule has 0 saturated carbocycles. The minimum atomic E-state index is 0.470. The predicted molar refractivity (Wildman–Crippen MR) is 84.2 cm³/mol. The maximum absolute atomic E-state index is 5.38. The Morgan fingerprint density at radius 1 is 1.30 bits per heavy atom. The van der Waals surface area contributed by atoms with Crippen LogP contribution in [0.3, 0.4) is 0 Å². The van der Waals surface area contributed by atoms with Crippen LogP contribution in [0.4, 0.5) is 0 Å². The van der Waals surface area contributed by atoms with Gasteiger partial charge in [0.25, 0.3) is 0 Å². The van der Waals surface area contributed by atoms with E-state index in [4.69, 9.17) is 4.74 Å². The second-order valence-electron chi connectivity index (χ2n) is 6.55. The van der Waals surface area contributed by atoms with Gasteiger partial charge in [-0.05, 0) is 39.3 Å². The van der Waals surface area contributed by atoms with Gasteiger partial charge in [0.2, 0.25) is 0 Å². The molecule has 2 fully saturated rings. The van der Waals surface area contributed by atoms with E-state index in [9.17, 15) is 0 Å². The van der Waals surface area contributed by atoms with Crippen LogP contribution in [0.5, 0.6) is 0 Å². The number of hydrogen-bond acceptors (Lipinski definition) is 4. The Morgan fingerprint density at radius 3 is 2.90 bits per heavy atom.